The molecule has 0 saturated heterocycles. The summed E-state index contributed by atoms with van der Waals surface area (Å²) < 4.78 is 32.9. The molecule has 29 heavy (non-hydrogen) atoms. The van der Waals surface area contributed by atoms with Crippen molar-refractivity contribution in [1.82, 2.24) is 0 Å². The van der Waals surface area contributed by atoms with Gasteiger partial charge in [0.2, 0.25) is 5.91 Å². The number of hydrogen-bond donors (Lipinski definition) is 1. The fourth-order valence-electron chi connectivity index (χ4n) is 2.84. The minimum Gasteiger partial charge on any atom is -0.462 e. The predicted molar refractivity (Wildman–Crippen MR) is 112 cm³/mol. The second kappa shape index (κ2) is 9.09. The van der Waals surface area contributed by atoms with E-state index in [0.717, 1.165) is 15.4 Å². The maximum atomic E-state index is 13.4. The molecule has 0 aromatic heterocycles. The molecular weight excluding hydrogens is 392 g/mol. The highest BCUT2D eigenvalue weighted by Gasteiger charge is 2.29. The van der Waals surface area contributed by atoms with Gasteiger partial charge in [0.05, 0.1) is 16.7 Å². The van der Waals surface area contributed by atoms with Gasteiger partial charge in [0.15, 0.2) is 0 Å². The third kappa shape index (κ3) is 5.80. The highest BCUT2D eigenvalue weighted by Crippen LogP contribution is 2.28. The number of benzene rings is 2. The smallest absolute Gasteiger partial charge is 0.327 e. The number of carbonyl (C=O) groups is 2. The van der Waals surface area contributed by atoms with E-state index in [1.807, 2.05) is 13.0 Å². The average molecular weight is 419 g/mol. The molecule has 0 aliphatic heterocycles. The molecule has 0 spiro atoms. The standard InChI is InChI=1S/C21H26N2O5S/c1-14(2)28-21(25)13-23(20-11-6-15(3)12-16(20)4)29(26,27)19-9-7-18(8-10-19)22-17(5)24/h6-12,14H,13H2,1-5H3,(H,22,24). The van der Waals surface area contributed by atoms with Crippen molar-refractivity contribution >= 4 is 33.3 Å². The van der Waals surface area contributed by atoms with Crippen LogP contribution in [0, 0.1) is 13.8 Å². The molecule has 0 saturated carbocycles. The Labute approximate surface area is 171 Å². The zero-order chi connectivity index (χ0) is 21.8. The number of carbonyl (C=O) groups excluding carboxylic acids is 2. The van der Waals surface area contributed by atoms with Gasteiger partial charge in [-0.1, -0.05) is 17.7 Å². The Hall–Kier alpha value is -2.87. The molecule has 0 heterocycles. The topological polar surface area (TPSA) is 92.8 Å². The monoisotopic (exact) mass is 418 g/mol. The first-order valence-electron chi connectivity index (χ1n) is 9.18. The number of esters is 1. The van der Waals surface area contributed by atoms with Gasteiger partial charge in [-0.15, -0.1) is 0 Å². The number of ether oxygens (including phenoxy) is 1. The van der Waals surface area contributed by atoms with Gasteiger partial charge in [0, 0.05) is 12.6 Å². The van der Waals surface area contributed by atoms with Crippen LogP contribution in [0.2, 0.25) is 0 Å². The van der Waals surface area contributed by atoms with Gasteiger partial charge in [0.1, 0.15) is 6.54 Å². The third-order valence-corrected chi connectivity index (χ3v) is 5.80. The lowest BCUT2D eigenvalue weighted by Gasteiger charge is -2.26. The SMILES string of the molecule is CC(=O)Nc1ccc(S(=O)(=O)N(CC(=O)OC(C)C)c2ccc(C)cc2C)cc1. The van der Waals surface area contributed by atoms with E-state index in [2.05, 4.69) is 5.32 Å². The first-order chi connectivity index (χ1) is 13.5. The van der Waals surface area contributed by atoms with E-state index >= 15 is 0 Å². The second-order valence-corrected chi connectivity index (χ2v) is 8.91. The Morgan fingerprint density at radius 3 is 2.21 bits per heavy atom. The van der Waals surface area contributed by atoms with Crippen molar-refractivity contribution in [3.8, 4) is 0 Å². The van der Waals surface area contributed by atoms with E-state index in [9.17, 15) is 18.0 Å². The minimum absolute atomic E-state index is 0.00363. The van der Waals surface area contributed by atoms with Gasteiger partial charge < -0.3 is 10.1 Å². The van der Waals surface area contributed by atoms with Gasteiger partial charge in [0.25, 0.3) is 10.0 Å². The quantitative estimate of drug-likeness (QED) is 0.696. The number of nitrogens with zero attached hydrogens (tertiary/aromatic N) is 1. The van der Waals surface area contributed by atoms with Crippen LogP contribution in [0.15, 0.2) is 47.4 Å². The van der Waals surface area contributed by atoms with E-state index < -0.39 is 22.5 Å². The molecule has 2 aromatic carbocycles. The Morgan fingerprint density at radius 1 is 1.07 bits per heavy atom. The first-order valence-corrected chi connectivity index (χ1v) is 10.6. The van der Waals surface area contributed by atoms with Gasteiger partial charge in [-0.3, -0.25) is 13.9 Å². The molecule has 0 bridgehead atoms. The van der Waals surface area contributed by atoms with E-state index in [0.29, 0.717) is 11.4 Å². The van der Waals surface area contributed by atoms with Crippen LogP contribution in [0.3, 0.4) is 0 Å². The summed E-state index contributed by atoms with van der Waals surface area (Å²) in [5.41, 5.74) is 2.59. The van der Waals surface area contributed by atoms with Gasteiger partial charge in [-0.2, -0.15) is 0 Å². The zero-order valence-corrected chi connectivity index (χ0v) is 18.0. The van der Waals surface area contributed by atoms with Crippen molar-refractivity contribution in [1.29, 1.82) is 0 Å². The van der Waals surface area contributed by atoms with Gasteiger partial charge in [-0.25, -0.2) is 8.42 Å². The van der Waals surface area contributed by atoms with Crippen LogP contribution in [-0.2, 0) is 24.3 Å². The van der Waals surface area contributed by atoms with Crippen LogP contribution in [0.1, 0.15) is 31.9 Å². The van der Waals surface area contributed by atoms with Crippen LogP contribution < -0.4 is 9.62 Å². The summed E-state index contributed by atoms with van der Waals surface area (Å²) in [5, 5.41) is 2.59. The largest absolute Gasteiger partial charge is 0.462 e. The summed E-state index contributed by atoms with van der Waals surface area (Å²) in [6.45, 7) is 8.02. The Bertz CT molecular complexity index is 998. The average Bonchev–Trinajstić information content (AvgIpc) is 2.59. The molecule has 0 aliphatic rings. The molecule has 2 aromatic rings. The summed E-state index contributed by atoms with van der Waals surface area (Å²) in [7, 11) is -4.05. The van der Waals surface area contributed by atoms with Crippen molar-refractivity contribution in [2.75, 3.05) is 16.2 Å². The molecule has 0 atom stereocenters. The normalized spacial score (nSPS) is 11.2. The van der Waals surface area contributed by atoms with Crippen LogP contribution >= 0.6 is 0 Å². The van der Waals surface area contributed by atoms with Crippen molar-refractivity contribution in [2.45, 2.75) is 45.6 Å². The number of anilines is 2. The van der Waals surface area contributed by atoms with Crippen molar-refractivity contribution in [3.63, 3.8) is 0 Å². The lowest BCUT2D eigenvalue weighted by atomic mass is 10.1. The summed E-state index contributed by atoms with van der Waals surface area (Å²) >= 11 is 0. The molecule has 0 radical (unpaired) electrons. The second-order valence-electron chi connectivity index (χ2n) is 7.05. The molecular formula is C21H26N2O5S. The van der Waals surface area contributed by atoms with Gasteiger partial charge in [-0.05, 0) is 63.6 Å². The number of sulfonamides is 1. The van der Waals surface area contributed by atoms with Gasteiger partial charge >= 0.3 is 5.97 Å². The lowest BCUT2D eigenvalue weighted by molar-refractivity contribution is -0.145. The zero-order valence-electron chi connectivity index (χ0n) is 17.2. The van der Waals surface area contributed by atoms with E-state index in [1.165, 1.54) is 31.2 Å². The molecule has 1 amide bonds. The number of rotatable bonds is 7. The van der Waals surface area contributed by atoms with Crippen LogP contribution in [0.4, 0.5) is 11.4 Å². The molecule has 156 valence electrons. The van der Waals surface area contributed by atoms with Crippen LogP contribution in [0.25, 0.3) is 0 Å². The molecule has 0 aliphatic carbocycles. The van der Waals surface area contributed by atoms with Crippen molar-refractivity contribution < 1.29 is 22.7 Å². The maximum Gasteiger partial charge on any atom is 0.327 e. The predicted octanol–water partition coefficient (Wildman–Crippen LogP) is 3.41. The molecule has 7 nitrogen and oxygen atoms in total. The van der Waals surface area contributed by atoms with Crippen LogP contribution in [-0.4, -0.2) is 32.9 Å². The third-order valence-electron chi connectivity index (χ3n) is 4.02. The molecule has 0 fully saturated rings. The summed E-state index contributed by atoms with van der Waals surface area (Å²) in [4.78, 5) is 23.5. The van der Waals surface area contributed by atoms with E-state index in [1.54, 1.807) is 32.9 Å². The number of hydrogen-bond acceptors (Lipinski definition) is 5. The fourth-order valence-corrected chi connectivity index (χ4v) is 4.32. The number of aryl methyl sites for hydroxylation is 2. The summed E-state index contributed by atoms with van der Waals surface area (Å²) in [6, 6.07) is 11.1. The highest BCUT2D eigenvalue weighted by atomic mass is 32.2. The summed E-state index contributed by atoms with van der Waals surface area (Å²) in [6.07, 6.45) is -0.358. The van der Waals surface area contributed by atoms with Crippen molar-refractivity contribution in [2.24, 2.45) is 0 Å². The lowest BCUT2D eigenvalue weighted by Crippen LogP contribution is -2.37. The molecule has 8 heteroatoms. The Kier molecular flexibility index (Phi) is 7.02. The Morgan fingerprint density at radius 2 is 1.69 bits per heavy atom. The molecule has 0 unspecified atom stereocenters. The summed E-state index contributed by atoms with van der Waals surface area (Å²) in [5.74, 6) is -0.896. The minimum atomic E-state index is -4.05. The molecule has 1 N–H and O–H groups in total. The fraction of sp³-hybridized carbons (Fsp3) is 0.333. The Balaban J connectivity index is 2.47. The first kappa shape index (κ1) is 22.4. The van der Waals surface area contributed by atoms with Crippen LogP contribution in [0.5, 0.6) is 0 Å². The van der Waals surface area contributed by atoms with E-state index in [-0.39, 0.29) is 16.9 Å². The van der Waals surface area contributed by atoms with Crippen molar-refractivity contribution in [3.05, 3.63) is 53.6 Å². The molecule has 2 rings (SSSR count). The highest BCUT2D eigenvalue weighted by molar-refractivity contribution is 7.92. The maximum absolute atomic E-state index is 13.4. The number of amides is 1. The van der Waals surface area contributed by atoms with E-state index in [4.69, 9.17) is 4.74 Å². The number of nitrogens with one attached hydrogen (secondary N) is 1.